The number of fused-ring (bicyclic) bond motifs is 1. The maximum Gasteiger partial charge on any atom is 0.277 e. The van der Waals surface area contributed by atoms with Crippen molar-refractivity contribution in [3.63, 3.8) is 0 Å². The molecule has 0 saturated carbocycles. The lowest BCUT2D eigenvalue weighted by Crippen LogP contribution is -2.46. The predicted octanol–water partition coefficient (Wildman–Crippen LogP) is 0.402. The van der Waals surface area contributed by atoms with E-state index >= 15 is 0 Å². The van der Waals surface area contributed by atoms with Gasteiger partial charge in [-0.15, -0.1) is 11.3 Å². The quantitative estimate of drug-likeness (QED) is 0.809. The number of thiazole rings is 1. The van der Waals surface area contributed by atoms with Crippen LogP contribution in [-0.4, -0.2) is 76.0 Å². The van der Waals surface area contributed by atoms with Gasteiger partial charge in [0.15, 0.2) is 5.13 Å². The molecule has 0 aromatic carbocycles. The zero-order valence-electron chi connectivity index (χ0n) is 14.8. The summed E-state index contributed by atoms with van der Waals surface area (Å²) in [6, 6.07) is 0. The van der Waals surface area contributed by atoms with Crippen LogP contribution in [0, 0.1) is 0 Å². The van der Waals surface area contributed by atoms with E-state index in [4.69, 9.17) is 4.74 Å². The van der Waals surface area contributed by atoms with Crippen molar-refractivity contribution in [2.45, 2.75) is 13.0 Å². The van der Waals surface area contributed by atoms with E-state index < -0.39 is 0 Å². The number of rotatable bonds is 4. The van der Waals surface area contributed by atoms with E-state index in [1.807, 2.05) is 4.90 Å². The van der Waals surface area contributed by atoms with Gasteiger partial charge < -0.3 is 9.64 Å². The minimum absolute atomic E-state index is 0.141. The van der Waals surface area contributed by atoms with Gasteiger partial charge in [0.05, 0.1) is 31.6 Å². The van der Waals surface area contributed by atoms with Gasteiger partial charge in [0.25, 0.3) is 5.91 Å². The van der Waals surface area contributed by atoms with E-state index in [0.29, 0.717) is 44.5 Å². The Hall–Kier alpha value is -2.43. The lowest BCUT2D eigenvalue weighted by molar-refractivity contribution is -0.136. The molecule has 0 unspecified atom stereocenters. The van der Waals surface area contributed by atoms with Crippen LogP contribution in [0.5, 0.6) is 0 Å². The van der Waals surface area contributed by atoms with E-state index in [2.05, 4.69) is 25.2 Å². The van der Waals surface area contributed by atoms with E-state index in [0.717, 1.165) is 23.5 Å². The van der Waals surface area contributed by atoms with Crippen LogP contribution in [0.2, 0.25) is 0 Å². The van der Waals surface area contributed by atoms with Crippen molar-refractivity contribution >= 4 is 28.3 Å². The summed E-state index contributed by atoms with van der Waals surface area (Å²) < 4.78 is 5.30. The summed E-state index contributed by atoms with van der Waals surface area (Å²) in [6.45, 7) is 4.40. The molecule has 9 nitrogen and oxygen atoms in total. The first-order chi connectivity index (χ1) is 13.2. The molecule has 2 aliphatic heterocycles. The summed E-state index contributed by atoms with van der Waals surface area (Å²) in [4.78, 5) is 42.1. The maximum atomic E-state index is 12.4. The minimum Gasteiger partial charge on any atom is -0.378 e. The average molecular weight is 388 g/mol. The van der Waals surface area contributed by atoms with Crippen molar-refractivity contribution in [3.05, 3.63) is 34.9 Å². The Morgan fingerprint density at radius 1 is 1.22 bits per heavy atom. The van der Waals surface area contributed by atoms with E-state index in [9.17, 15) is 9.59 Å². The number of morpholine rings is 1. The summed E-state index contributed by atoms with van der Waals surface area (Å²) in [7, 11) is 0. The maximum absolute atomic E-state index is 12.4. The van der Waals surface area contributed by atoms with Crippen LogP contribution in [0.4, 0.5) is 5.13 Å². The summed E-state index contributed by atoms with van der Waals surface area (Å²) in [5.41, 5.74) is 1.24. The van der Waals surface area contributed by atoms with Crippen molar-refractivity contribution in [1.29, 1.82) is 0 Å². The van der Waals surface area contributed by atoms with Crippen LogP contribution >= 0.6 is 11.3 Å². The Balaban J connectivity index is 1.36. The second kappa shape index (κ2) is 8.07. The van der Waals surface area contributed by atoms with Gasteiger partial charge in [-0.1, -0.05) is 0 Å². The number of carbonyl (C=O) groups is 2. The summed E-state index contributed by atoms with van der Waals surface area (Å²) in [5.74, 6) is -0.184. The molecule has 2 aromatic rings. The SMILES string of the molecule is O=C(Nc1nc2c(s1)CN(CC(=O)N1CCOCC1)CC2)c1cnccn1. The van der Waals surface area contributed by atoms with E-state index in [1.54, 1.807) is 0 Å². The van der Waals surface area contributed by atoms with Crippen molar-refractivity contribution in [3.8, 4) is 0 Å². The molecular weight excluding hydrogens is 368 g/mol. The van der Waals surface area contributed by atoms with Crippen LogP contribution in [0.25, 0.3) is 0 Å². The molecule has 1 fully saturated rings. The molecule has 10 heteroatoms. The molecule has 1 N–H and O–H groups in total. The Bertz CT molecular complexity index is 821. The molecule has 0 bridgehead atoms. The Morgan fingerprint density at radius 3 is 2.85 bits per heavy atom. The van der Waals surface area contributed by atoms with Crippen molar-refractivity contribution in [2.75, 3.05) is 44.7 Å². The molecule has 4 rings (SSSR count). The zero-order valence-corrected chi connectivity index (χ0v) is 15.6. The summed E-state index contributed by atoms with van der Waals surface area (Å²) in [5, 5.41) is 3.33. The lowest BCUT2D eigenvalue weighted by Gasteiger charge is -2.31. The highest BCUT2D eigenvalue weighted by Crippen LogP contribution is 2.28. The second-order valence-corrected chi connectivity index (χ2v) is 7.47. The number of aromatic nitrogens is 3. The molecule has 0 atom stereocenters. The van der Waals surface area contributed by atoms with Crippen LogP contribution in [0.3, 0.4) is 0 Å². The standard InChI is InChI=1S/C17H20N6O3S/c24-15(23-5-7-26-8-6-23)11-22-4-1-12-14(10-22)27-17(20-12)21-16(25)13-9-18-2-3-19-13/h2-3,9H,1,4-8,10-11H2,(H,20,21,25). The van der Waals surface area contributed by atoms with Crippen LogP contribution in [0.1, 0.15) is 21.1 Å². The normalized spacial score (nSPS) is 17.4. The number of nitrogens with one attached hydrogen (secondary N) is 1. The smallest absolute Gasteiger partial charge is 0.277 e. The number of hydrogen-bond donors (Lipinski definition) is 1. The molecule has 2 aliphatic rings. The minimum atomic E-state index is -0.325. The fraction of sp³-hybridized carbons (Fsp3) is 0.471. The number of carbonyl (C=O) groups excluding carboxylic acids is 2. The van der Waals surface area contributed by atoms with Crippen LogP contribution in [0.15, 0.2) is 18.6 Å². The zero-order chi connectivity index (χ0) is 18.6. The highest BCUT2D eigenvalue weighted by Gasteiger charge is 2.25. The van der Waals surface area contributed by atoms with Gasteiger partial charge in [0, 0.05) is 49.9 Å². The largest absolute Gasteiger partial charge is 0.378 e. The van der Waals surface area contributed by atoms with Crippen molar-refractivity contribution in [1.82, 2.24) is 24.8 Å². The third-order valence-corrected chi connectivity index (χ3v) is 5.55. The van der Waals surface area contributed by atoms with Gasteiger partial charge in [-0.05, 0) is 0 Å². The monoisotopic (exact) mass is 388 g/mol. The molecule has 0 spiro atoms. The third kappa shape index (κ3) is 4.29. The molecule has 4 heterocycles. The number of anilines is 1. The van der Waals surface area contributed by atoms with E-state index in [-0.39, 0.29) is 17.5 Å². The fourth-order valence-electron chi connectivity index (χ4n) is 3.12. The molecule has 0 radical (unpaired) electrons. The second-order valence-electron chi connectivity index (χ2n) is 6.39. The van der Waals surface area contributed by atoms with Gasteiger partial charge in [-0.2, -0.15) is 0 Å². The van der Waals surface area contributed by atoms with Crippen molar-refractivity contribution in [2.24, 2.45) is 0 Å². The first-order valence-corrected chi connectivity index (χ1v) is 9.64. The van der Waals surface area contributed by atoms with Crippen molar-refractivity contribution < 1.29 is 14.3 Å². The summed E-state index contributed by atoms with van der Waals surface area (Å²) in [6.07, 6.45) is 5.18. The topological polar surface area (TPSA) is 101 Å². The average Bonchev–Trinajstić information content (AvgIpc) is 3.10. The molecule has 0 aliphatic carbocycles. The third-order valence-electron chi connectivity index (χ3n) is 4.55. The van der Waals surface area contributed by atoms with Crippen LogP contribution < -0.4 is 5.32 Å². The van der Waals surface area contributed by atoms with Gasteiger partial charge >= 0.3 is 0 Å². The van der Waals surface area contributed by atoms with Crippen LogP contribution in [-0.2, 0) is 22.5 Å². The first kappa shape index (κ1) is 18.0. The molecule has 2 aromatic heterocycles. The van der Waals surface area contributed by atoms with Gasteiger partial charge in [0.1, 0.15) is 5.69 Å². The summed E-state index contributed by atoms with van der Waals surface area (Å²) >= 11 is 1.45. The lowest BCUT2D eigenvalue weighted by atomic mass is 10.2. The molecular formula is C17H20N6O3S. The number of ether oxygens (including phenoxy) is 1. The van der Waals surface area contributed by atoms with Gasteiger partial charge in [-0.25, -0.2) is 9.97 Å². The first-order valence-electron chi connectivity index (χ1n) is 8.83. The highest BCUT2D eigenvalue weighted by atomic mass is 32.1. The molecule has 142 valence electrons. The Kier molecular flexibility index (Phi) is 5.37. The predicted molar refractivity (Wildman–Crippen MR) is 98.5 cm³/mol. The molecule has 2 amide bonds. The number of nitrogens with zero attached hydrogens (tertiary/aromatic N) is 5. The van der Waals surface area contributed by atoms with Gasteiger partial charge in [0.2, 0.25) is 5.91 Å². The highest BCUT2D eigenvalue weighted by molar-refractivity contribution is 7.15. The number of hydrogen-bond acceptors (Lipinski definition) is 8. The fourth-order valence-corrected chi connectivity index (χ4v) is 4.16. The molecule has 1 saturated heterocycles. The Labute approximate surface area is 160 Å². The van der Waals surface area contributed by atoms with E-state index in [1.165, 1.54) is 29.9 Å². The number of amides is 2. The van der Waals surface area contributed by atoms with Gasteiger partial charge in [-0.3, -0.25) is 24.8 Å². The Morgan fingerprint density at radius 2 is 2.07 bits per heavy atom. The molecule has 27 heavy (non-hydrogen) atoms.